The van der Waals surface area contributed by atoms with E-state index in [0.29, 0.717) is 11.0 Å². The minimum absolute atomic E-state index is 0.00675. The zero-order valence-corrected chi connectivity index (χ0v) is 9.60. The SMILES string of the molecule is CC(C)c1nnc(NC(=O)[C@H]2CCN2)s1. The molecule has 1 aromatic heterocycles. The smallest absolute Gasteiger partial charge is 0.243 e. The Labute approximate surface area is 92.3 Å². The molecule has 2 N–H and O–H groups in total. The molecule has 1 atom stereocenters. The summed E-state index contributed by atoms with van der Waals surface area (Å²) >= 11 is 1.44. The molecule has 82 valence electrons. The van der Waals surface area contributed by atoms with Crippen LogP contribution in [0, 0.1) is 0 Å². The van der Waals surface area contributed by atoms with Crippen LogP contribution in [-0.4, -0.2) is 28.7 Å². The van der Waals surface area contributed by atoms with Crippen LogP contribution in [0.25, 0.3) is 0 Å². The Morgan fingerprint density at radius 1 is 1.60 bits per heavy atom. The predicted molar refractivity (Wildman–Crippen MR) is 59.0 cm³/mol. The second kappa shape index (κ2) is 4.24. The first-order valence-electron chi connectivity index (χ1n) is 5.04. The van der Waals surface area contributed by atoms with Crippen molar-refractivity contribution >= 4 is 22.4 Å². The minimum atomic E-state index is -0.0450. The number of anilines is 1. The predicted octanol–water partition coefficient (Wildman–Crippen LogP) is 0.962. The van der Waals surface area contributed by atoms with E-state index in [2.05, 4.69) is 34.7 Å². The van der Waals surface area contributed by atoms with Crippen molar-refractivity contribution in [2.75, 3.05) is 11.9 Å². The van der Waals surface area contributed by atoms with Crippen molar-refractivity contribution in [3.05, 3.63) is 5.01 Å². The highest BCUT2D eigenvalue weighted by molar-refractivity contribution is 7.15. The molecule has 5 nitrogen and oxygen atoms in total. The first-order valence-corrected chi connectivity index (χ1v) is 5.86. The molecule has 1 aromatic rings. The van der Waals surface area contributed by atoms with Gasteiger partial charge in [-0.15, -0.1) is 10.2 Å². The molecule has 0 bridgehead atoms. The van der Waals surface area contributed by atoms with E-state index in [0.717, 1.165) is 18.0 Å². The van der Waals surface area contributed by atoms with E-state index in [9.17, 15) is 4.79 Å². The van der Waals surface area contributed by atoms with E-state index >= 15 is 0 Å². The molecule has 0 aromatic carbocycles. The Morgan fingerprint density at radius 2 is 2.33 bits per heavy atom. The Balaban J connectivity index is 1.95. The number of amides is 1. The van der Waals surface area contributed by atoms with Crippen LogP contribution in [0.1, 0.15) is 31.2 Å². The first-order chi connectivity index (χ1) is 7.16. The summed E-state index contributed by atoms with van der Waals surface area (Å²) in [4.78, 5) is 11.5. The van der Waals surface area contributed by atoms with Crippen molar-refractivity contribution < 1.29 is 4.79 Å². The molecule has 0 aliphatic carbocycles. The van der Waals surface area contributed by atoms with Gasteiger partial charge in [0, 0.05) is 5.92 Å². The van der Waals surface area contributed by atoms with Crippen LogP contribution in [-0.2, 0) is 4.79 Å². The van der Waals surface area contributed by atoms with Gasteiger partial charge in [-0.25, -0.2) is 0 Å². The lowest BCUT2D eigenvalue weighted by Crippen LogP contribution is -2.50. The van der Waals surface area contributed by atoms with E-state index < -0.39 is 0 Å². The number of carbonyl (C=O) groups is 1. The summed E-state index contributed by atoms with van der Waals surface area (Å²) in [5.74, 6) is 0.350. The highest BCUT2D eigenvalue weighted by Gasteiger charge is 2.25. The van der Waals surface area contributed by atoms with E-state index in [1.807, 2.05) is 0 Å². The summed E-state index contributed by atoms with van der Waals surface area (Å²) in [6, 6.07) is -0.0450. The van der Waals surface area contributed by atoms with Gasteiger partial charge in [-0.1, -0.05) is 25.2 Å². The maximum atomic E-state index is 11.5. The summed E-state index contributed by atoms with van der Waals surface area (Å²) in [5.41, 5.74) is 0. The highest BCUT2D eigenvalue weighted by Crippen LogP contribution is 2.22. The molecule has 6 heteroatoms. The molecule has 0 saturated carbocycles. The van der Waals surface area contributed by atoms with E-state index in [1.165, 1.54) is 11.3 Å². The van der Waals surface area contributed by atoms with Gasteiger partial charge >= 0.3 is 0 Å². The maximum absolute atomic E-state index is 11.5. The number of nitrogens with one attached hydrogen (secondary N) is 2. The first kappa shape index (κ1) is 10.5. The number of carbonyl (C=O) groups excluding carboxylic acids is 1. The standard InChI is InChI=1S/C9H14N4OS/c1-5(2)8-12-13-9(15-8)11-7(14)6-3-4-10-6/h5-6,10H,3-4H2,1-2H3,(H,11,13,14)/t6-/m1/s1. The number of hydrogen-bond acceptors (Lipinski definition) is 5. The molecule has 2 heterocycles. The van der Waals surface area contributed by atoms with Gasteiger partial charge in [0.25, 0.3) is 0 Å². The highest BCUT2D eigenvalue weighted by atomic mass is 32.1. The molecule has 0 unspecified atom stereocenters. The van der Waals surface area contributed by atoms with Crippen molar-refractivity contribution in [3.8, 4) is 0 Å². The fraction of sp³-hybridized carbons (Fsp3) is 0.667. The van der Waals surface area contributed by atoms with Crippen LogP contribution in [0.15, 0.2) is 0 Å². The average molecular weight is 226 g/mol. The summed E-state index contributed by atoms with van der Waals surface area (Å²) in [5, 5.41) is 15.3. The quantitative estimate of drug-likeness (QED) is 0.805. The van der Waals surface area contributed by atoms with Crippen molar-refractivity contribution in [1.82, 2.24) is 15.5 Å². The van der Waals surface area contributed by atoms with Crippen molar-refractivity contribution in [1.29, 1.82) is 0 Å². The van der Waals surface area contributed by atoms with Gasteiger partial charge in [-0.2, -0.15) is 0 Å². The fourth-order valence-corrected chi connectivity index (χ4v) is 1.97. The topological polar surface area (TPSA) is 66.9 Å². The minimum Gasteiger partial charge on any atom is -0.306 e. The largest absolute Gasteiger partial charge is 0.306 e. The molecule has 1 fully saturated rings. The molecule has 1 saturated heterocycles. The van der Waals surface area contributed by atoms with E-state index in [1.54, 1.807) is 0 Å². The van der Waals surface area contributed by atoms with Crippen LogP contribution >= 0.6 is 11.3 Å². The zero-order valence-electron chi connectivity index (χ0n) is 8.78. The van der Waals surface area contributed by atoms with Crippen LogP contribution in [0.5, 0.6) is 0 Å². The van der Waals surface area contributed by atoms with Crippen molar-refractivity contribution in [2.45, 2.75) is 32.2 Å². The number of nitrogens with zero attached hydrogens (tertiary/aromatic N) is 2. The lowest BCUT2D eigenvalue weighted by Gasteiger charge is -2.25. The molecule has 1 aliphatic heterocycles. The Morgan fingerprint density at radius 3 is 2.80 bits per heavy atom. The normalized spacial score (nSPS) is 20.1. The van der Waals surface area contributed by atoms with Crippen molar-refractivity contribution in [2.24, 2.45) is 0 Å². The second-order valence-electron chi connectivity index (χ2n) is 3.88. The third-order valence-corrected chi connectivity index (χ3v) is 3.44. The van der Waals surface area contributed by atoms with Gasteiger partial charge in [-0.05, 0) is 13.0 Å². The van der Waals surface area contributed by atoms with Gasteiger partial charge in [0.05, 0.1) is 6.04 Å². The molecule has 0 radical (unpaired) electrons. The fourth-order valence-electron chi connectivity index (χ4n) is 1.22. The molecule has 0 spiro atoms. The van der Waals surface area contributed by atoms with E-state index in [4.69, 9.17) is 0 Å². The van der Waals surface area contributed by atoms with Crippen molar-refractivity contribution in [3.63, 3.8) is 0 Å². The average Bonchev–Trinajstić information content (AvgIpc) is 2.48. The summed E-state index contributed by atoms with van der Waals surface area (Å²) in [6.07, 6.45) is 0.904. The lowest BCUT2D eigenvalue weighted by molar-refractivity contribution is -0.119. The Kier molecular flexibility index (Phi) is 2.97. The third kappa shape index (κ3) is 2.32. The van der Waals surface area contributed by atoms with Gasteiger partial charge in [-0.3, -0.25) is 10.1 Å². The maximum Gasteiger partial charge on any atom is 0.243 e. The van der Waals surface area contributed by atoms with Gasteiger partial charge in [0.15, 0.2) is 0 Å². The molecule has 1 amide bonds. The van der Waals surface area contributed by atoms with Gasteiger partial charge < -0.3 is 5.32 Å². The Hall–Kier alpha value is -1.01. The molecule has 2 rings (SSSR count). The summed E-state index contributed by atoms with van der Waals surface area (Å²) < 4.78 is 0. The number of hydrogen-bond donors (Lipinski definition) is 2. The molecular weight excluding hydrogens is 212 g/mol. The summed E-state index contributed by atoms with van der Waals surface area (Å²) in [6.45, 7) is 5.03. The Bertz CT molecular complexity index is 359. The van der Waals surface area contributed by atoms with Gasteiger partial charge in [0.2, 0.25) is 11.0 Å². The summed E-state index contributed by atoms with van der Waals surface area (Å²) in [7, 11) is 0. The van der Waals surface area contributed by atoms with Crippen LogP contribution < -0.4 is 10.6 Å². The van der Waals surface area contributed by atoms with Crippen LogP contribution in [0.4, 0.5) is 5.13 Å². The molecule has 15 heavy (non-hydrogen) atoms. The molecule has 1 aliphatic rings. The molecular formula is C9H14N4OS. The van der Waals surface area contributed by atoms with E-state index in [-0.39, 0.29) is 11.9 Å². The third-order valence-electron chi connectivity index (χ3n) is 2.30. The lowest BCUT2D eigenvalue weighted by atomic mass is 10.1. The van der Waals surface area contributed by atoms with Gasteiger partial charge in [0.1, 0.15) is 5.01 Å². The van der Waals surface area contributed by atoms with Crippen LogP contribution in [0.3, 0.4) is 0 Å². The number of rotatable bonds is 3. The monoisotopic (exact) mass is 226 g/mol. The number of aromatic nitrogens is 2. The zero-order chi connectivity index (χ0) is 10.8. The van der Waals surface area contributed by atoms with Crippen LogP contribution in [0.2, 0.25) is 0 Å². The second-order valence-corrected chi connectivity index (χ2v) is 4.89.